The van der Waals surface area contributed by atoms with E-state index in [1.165, 1.54) is 13.2 Å². The minimum absolute atomic E-state index is 0.0143. The second-order valence-electron chi connectivity index (χ2n) is 6.36. The molecule has 0 aliphatic carbocycles. The largest absolute Gasteiger partial charge is 0.469 e. The highest BCUT2D eigenvalue weighted by Gasteiger charge is 2.26. The summed E-state index contributed by atoms with van der Waals surface area (Å²) in [6.45, 7) is 5.03. The van der Waals surface area contributed by atoms with Gasteiger partial charge >= 0.3 is 5.97 Å². The van der Waals surface area contributed by atoms with Gasteiger partial charge in [-0.25, -0.2) is 4.39 Å². The number of hydrogen-bond acceptors (Lipinski definition) is 3. The zero-order valence-electron chi connectivity index (χ0n) is 15.4. The number of nitrogens with one attached hydrogen (secondary N) is 1. The van der Waals surface area contributed by atoms with Crippen LogP contribution < -0.4 is 5.32 Å². The number of ether oxygens (including phenoxy) is 1. The molecule has 2 rings (SSSR count). The van der Waals surface area contributed by atoms with Crippen LogP contribution in [0, 0.1) is 11.7 Å². The van der Waals surface area contributed by atoms with Gasteiger partial charge in [0.2, 0.25) is 0 Å². The molecule has 26 heavy (non-hydrogen) atoms. The van der Waals surface area contributed by atoms with E-state index in [1.807, 2.05) is 19.1 Å². The number of likely N-dealkylation sites (tertiary alicyclic amines) is 1. The SMILES string of the molecule is CCNC(=NCCCc1ccc(Br)cc1F)N1CCC(C(=O)OC)CC1. The van der Waals surface area contributed by atoms with Crippen molar-refractivity contribution in [2.45, 2.75) is 32.6 Å². The number of carbonyl (C=O) groups is 1. The Morgan fingerprint density at radius 1 is 1.42 bits per heavy atom. The topological polar surface area (TPSA) is 53.9 Å². The molecule has 0 unspecified atom stereocenters. The van der Waals surface area contributed by atoms with Gasteiger partial charge in [-0.1, -0.05) is 22.0 Å². The number of aliphatic imine (C=N–C) groups is 1. The Morgan fingerprint density at radius 3 is 2.77 bits per heavy atom. The molecule has 5 nitrogen and oxygen atoms in total. The van der Waals surface area contributed by atoms with Crippen LogP contribution in [0.5, 0.6) is 0 Å². The molecule has 1 aromatic rings. The highest BCUT2D eigenvalue weighted by atomic mass is 79.9. The van der Waals surface area contributed by atoms with E-state index in [2.05, 4.69) is 31.1 Å². The fourth-order valence-electron chi connectivity index (χ4n) is 3.10. The van der Waals surface area contributed by atoms with Crippen LogP contribution in [-0.4, -0.2) is 50.1 Å². The van der Waals surface area contributed by atoms with E-state index in [1.54, 1.807) is 0 Å². The van der Waals surface area contributed by atoms with Gasteiger partial charge in [0.05, 0.1) is 13.0 Å². The number of halogens is 2. The number of aryl methyl sites for hydroxylation is 1. The molecule has 0 radical (unpaired) electrons. The van der Waals surface area contributed by atoms with Crippen molar-refractivity contribution in [1.82, 2.24) is 10.2 Å². The highest BCUT2D eigenvalue weighted by molar-refractivity contribution is 9.10. The number of piperidine rings is 1. The van der Waals surface area contributed by atoms with Crippen LogP contribution in [0.4, 0.5) is 4.39 Å². The van der Waals surface area contributed by atoms with Gasteiger partial charge in [0.15, 0.2) is 5.96 Å². The van der Waals surface area contributed by atoms with E-state index < -0.39 is 0 Å². The lowest BCUT2D eigenvalue weighted by atomic mass is 9.97. The number of carbonyl (C=O) groups excluding carboxylic acids is 1. The van der Waals surface area contributed by atoms with Crippen LogP contribution in [0.1, 0.15) is 31.7 Å². The van der Waals surface area contributed by atoms with Gasteiger partial charge < -0.3 is 15.0 Å². The van der Waals surface area contributed by atoms with Crippen molar-refractivity contribution in [3.05, 3.63) is 34.1 Å². The van der Waals surface area contributed by atoms with Crippen molar-refractivity contribution >= 4 is 27.9 Å². The molecule has 1 aliphatic heterocycles. The van der Waals surface area contributed by atoms with E-state index in [0.717, 1.165) is 49.3 Å². The van der Waals surface area contributed by atoms with Gasteiger partial charge in [-0.05, 0) is 50.3 Å². The van der Waals surface area contributed by atoms with Crippen molar-refractivity contribution in [2.24, 2.45) is 10.9 Å². The molecule has 1 fully saturated rings. The summed E-state index contributed by atoms with van der Waals surface area (Å²) in [5, 5.41) is 3.31. The zero-order valence-corrected chi connectivity index (χ0v) is 17.0. The van der Waals surface area contributed by atoms with Crippen molar-refractivity contribution in [2.75, 3.05) is 33.3 Å². The van der Waals surface area contributed by atoms with Gasteiger partial charge in [-0.3, -0.25) is 9.79 Å². The average molecular weight is 428 g/mol. The predicted octanol–water partition coefficient (Wildman–Crippen LogP) is 3.37. The standard InChI is InChI=1S/C19H27BrFN3O2/c1-3-22-19(24-11-8-15(9-12-24)18(25)26-2)23-10-4-5-14-6-7-16(20)13-17(14)21/h6-7,13,15H,3-5,8-12H2,1-2H3,(H,22,23). The summed E-state index contributed by atoms with van der Waals surface area (Å²) in [6, 6.07) is 5.16. The summed E-state index contributed by atoms with van der Waals surface area (Å²) < 4.78 is 19.4. The van der Waals surface area contributed by atoms with E-state index in [0.29, 0.717) is 18.5 Å². The van der Waals surface area contributed by atoms with E-state index in [-0.39, 0.29) is 17.7 Å². The third kappa shape index (κ3) is 5.97. The summed E-state index contributed by atoms with van der Waals surface area (Å²) in [4.78, 5) is 18.5. The summed E-state index contributed by atoms with van der Waals surface area (Å²) in [7, 11) is 1.44. The first-order valence-corrected chi connectivity index (χ1v) is 9.89. The smallest absolute Gasteiger partial charge is 0.308 e. The average Bonchev–Trinajstić information content (AvgIpc) is 2.65. The van der Waals surface area contributed by atoms with Gasteiger partial charge in [-0.2, -0.15) is 0 Å². The fraction of sp³-hybridized carbons (Fsp3) is 0.579. The highest BCUT2D eigenvalue weighted by Crippen LogP contribution is 2.19. The molecule has 144 valence electrons. The summed E-state index contributed by atoms with van der Waals surface area (Å²) in [6.07, 6.45) is 3.00. The molecular weight excluding hydrogens is 401 g/mol. The maximum absolute atomic E-state index is 13.9. The van der Waals surface area contributed by atoms with Gasteiger partial charge in [-0.15, -0.1) is 0 Å². The third-order valence-electron chi connectivity index (χ3n) is 4.54. The van der Waals surface area contributed by atoms with Crippen LogP contribution in [-0.2, 0) is 16.0 Å². The lowest BCUT2D eigenvalue weighted by molar-refractivity contribution is -0.146. The molecule has 0 saturated carbocycles. The Morgan fingerprint density at radius 2 is 2.15 bits per heavy atom. The number of methoxy groups -OCH3 is 1. The van der Waals surface area contributed by atoms with Gasteiger partial charge in [0, 0.05) is 30.7 Å². The van der Waals surface area contributed by atoms with Crippen LogP contribution in [0.25, 0.3) is 0 Å². The number of hydrogen-bond donors (Lipinski definition) is 1. The van der Waals surface area contributed by atoms with Gasteiger partial charge in [0.25, 0.3) is 0 Å². The first kappa shape index (κ1) is 20.7. The Labute approximate surface area is 163 Å². The Hall–Kier alpha value is -1.63. The molecule has 1 aromatic carbocycles. The van der Waals surface area contributed by atoms with E-state index >= 15 is 0 Å². The first-order valence-electron chi connectivity index (χ1n) is 9.10. The van der Waals surface area contributed by atoms with Crippen LogP contribution in [0.2, 0.25) is 0 Å². The normalized spacial score (nSPS) is 15.8. The summed E-state index contributed by atoms with van der Waals surface area (Å²) >= 11 is 3.27. The zero-order chi connectivity index (χ0) is 18.9. The monoisotopic (exact) mass is 427 g/mol. The van der Waals surface area contributed by atoms with Crippen LogP contribution in [0.3, 0.4) is 0 Å². The summed E-state index contributed by atoms with van der Waals surface area (Å²) in [5.41, 5.74) is 0.715. The number of rotatable bonds is 6. The van der Waals surface area contributed by atoms with Crippen molar-refractivity contribution in [3.63, 3.8) is 0 Å². The molecule has 1 aliphatic rings. The minimum Gasteiger partial charge on any atom is -0.469 e. The lowest BCUT2D eigenvalue weighted by Gasteiger charge is -2.33. The molecule has 1 saturated heterocycles. The maximum Gasteiger partial charge on any atom is 0.308 e. The maximum atomic E-state index is 13.9. The Balaban J connectivity index is 1.85. The third-order valence-corrected chi connectivity index (χ3v) is 5.04. The van der Waals surface area contributed by atoms with E-state index in [9.17, 15) is 9.18 Å². The molecule has 0 spiro atoms. The minimum atomic E-state index is -0.180. The Kier molecular flexibility index (Phi) is 8.35. The molecule has 0 amide bonds. The quantitative estimate of drug-likeness (QED) is 0.327. The number of esters is 1. The molecule has 0 bridgehead atoms. The van der Waals surface area contributed by atoms with E-state index in [4.69, 9.17) is 4.74 Å². The second-order valence-corrected chi connectivity index (χ2v) is 7.28. The van der Waals surface area contributed by atoms with Crippen molar-refractivity contribution in [1.29, 1.82) is 0 Å². The first-order chi connectivity index (χ1) is 12.5. The number of nitrogens with zero attached hydrogens (tertiary/aromatic N) is 2. The van der Waals surface area contributed by atoms with Crippen LogP contribution in [0.15, 0.2) is 27.7 Å². The second kappa shape index (κ2) is 10.5. The lowest BCUT2D eigenvalue weighted by Crippen LogP contribution is -2.46. The number of benzene rings is 1. The van der Waals surface area contributed by atoms with Crippen LogP contribution >= 0.6 is 15.9 Å². The fourth-order valence-corrected chi connectivity index (χ4v) is 3.43. The molecule has 1 heterocycles. The molecule has 7 heteroatoms. The predicted molar refractivity (Wildman–Crippen MR) is 105 cm³/mol. The molecular formula is C19H27BrFN3O2. The Bertz CT molecular complexity index is 631. The molecule has 1 N–H and O–H groups in total. The summed E-state index contributed by atoms with van der Waals surface area (Å²) in [5.74, 6) is 0.551. The van der Waals surface area contributed by atoms with Crippen molar-refractivity contribution in [3.8, 4) is 0 Å². The van der Waals surface area contributed by atoms with Gasteiger partial charge in [0.1, 0.15) is 5.82 Å². The molecule has 0 atom stereocenters. The number of guanidine groups is 1. The molecule has 0 aromatic heterocycles. The van der Waals surface area contributed by atoms with Crippen molar-refractivity contribution < 1.29 is 13.9 Å².